The van der Waals surface area contributed by atoms with Crippen LogP contribution in [0.2, 0.25) is 0 Å². The molecular weight excluding hydrogens is 387 g/mol. The van der Waals surface area contributed by atoms with E-state index in [0.29, 0.717) is 11.3 Å². The van der Waals surface area contributed by atoms with E-state index in [1.165, 1.54) is 26.2 Å². The second kappa shape index (κ2) is 8.39. The first-order valence-corrected chi connectivity index (χ1v) is 10.1. The summed E-state index contributed by atoms with van der Waals surface area (Å²) in [6.45, 7) is 3.06. The minimum Gasteiger partial charge on any atom is -0.465 e. The number of benzene rings is 2. The van der Waals surface area contributed by atoms with Gasteiger partial charge in [-0.3, -0.25) is 9.10 Å². The van der Waals surface area contributed by atoms with E-state index in [4.69, 9.17) is 4.74 Å². The molecule has 0 aromatic heterocycles. The van der Waals surface area contributed by atoms with Gasteiger partial charge in [-0.15, -0.1) is 0 Å². The summed E-state index contributed by atoms with van der Waals surface area (Å²) in [7, 11) is -2.58. The second-order valence-electron chi connectivity index (χ2n) is 6.17. The highest BCUT2D eigenvalue weighted by Crippen LogP contribution is 2.24. The Labute approximate surface area is 163 Å². The molecule has 28 heavy (non-hydrogen) atoms. The molecule has 150 valence electrons. The monoisotopic (exact) mass is 408 g/mol. The predicted octanol–water partition coefficient (Wildman–Crippen LogP) is 2.71. The van der Waals surface area contributed by atoms with Crippen LogP contribution in [0.1, 0.15) is 22.8 Å². The molecule has 0 aliphatic heterocycles. The number of esters is 1. The summed E-state index contributed by atoms with van der Waals surface area (Å²) in [5.41, 5.74) is 1.29. The summed E-state index contributed by atoms with van der Waals surface area (Å²) < 4.78 is 43.3. The minimum absolute atomic E-state index is 0.159. The quantitative estimate of drug-likeness (QED) is 0.742. The van der Waals surface area contributed by atoms with E-state index in [2.05, 4.69) is 5.32 Å². The summed E-state index contributed by atoms with van der Waals surface area (Å²) in [5, 5.41) is 2.64. The molecule has 7 nitrogen and oxygen atoms in total. The molecule has 0 unspecified atom stereocenters. The Morgan fingerprint density at radius 1 is 1.14 bits per heavy atom. The number of nitrogens with zero attached hydrogens (tertiary/aromatic N) is 1. The Bertz CT molecular complexity index is 990. The SMILES string of the molecule is COC(=O)c1cccc(NC(=O)[C@@H](C)N(c2ccc(F)cc2)S(C)(=O)=O)c1C. The van der Waals surface area contributed by atoms with Gasteiger partial charge in [-0.05, 0) is 55.8 Å². The molecule has 0 bridgehead atoms. The largest absolute Gasteiger partial charge is 0.465 e. The van der Waals surface area contributed by atoms with E-state index >= 15 is 0 Å². The zero-order valence-electron chi connectivity index (χ0n) is 15.9. The Balaban J connectivity index is 2.34. The van der Waals surface area contributed by atoms with Gasteiger partial charge in [0.1, 0.15) is 11.9 Å². The average molecular weight is 408 g/mol. The van der Waals surface area contributed by atoms with Crippen molar-refractivity contribution in [2.45, 2.75) is 19.9 Å². The van der Waals surface area contributed by atoms with Crippen molar-refractivity contribution in [2.24, 2.45) is 0 Å². The topological polar surface area (TPSA) is 92.8 Å². The van der Waals surface area contributed by atoms with Crippen molar-refractivity contribution in [3.63, 3.8) is 0 Å². The number of nitrogens with one attached hydrogen (secondary N) is 1. The van der Waals surface area contributed by atoms with Crippen molar-refractivity contribution in [2.75, 3.05) is 23.0 Å². The maximum Gasteiger partial charge on any atom is 0.338 e. The Morgan fingerprint density at radius 3 is 2.29 bits per heavy atom. The van der Waals surface area contributed by atoms with E-state index < -0.39 is 33.8 Å². The summed E-state index contributed by atoms with van der Waals surface area (Å²) in [4.78, 5) is 24.5. The molecule has 0 aliphatic carbocycles. The standard InChI is InChI=1S/C19H21FN2O5S/c1-12-16(19(24)27-3)6-5-7-17(12)21-18(23)13(2)22(28(4,25)26)15-10-8-14(20)9-11-15/h5-11,13H,1-4H3,(H,21,23)/t13-/m1/s1. The fourth-order valence-corrected chi connectivity index (χ4v) is 3.91. The third kappa shape index (κ3) is 4.66. The van der Waals surface area contributed by atoms with Crippen LogP contribution in [0, 0.1) is 12.7 Å². The van der Waals surface area contributed by atoms with Crippen LogP contribution >= 0.6 is 0 Å². The number of amides is 1. The highest BCUT2D eigenvalue weighted by atomic mass is 32.2. The molecule has 0 aliphatic rings. The maximum absolute atomic E-state index is 13.2. The highest BCUT2D eigenvalue weighted by molar-refractivity contribution is 7.92. The van der Waals surface area contributed by atoms with E-state index in [1.807, 2.05) is 0 Å². The Kier molecular flexibility index (Phi) is 6.40. The van der Waals surface area contributed by atoms with Crippen molar-refractivity contribution >= 4 is 33.3 Å². The molecule has 0 fully saturated rings. The molecule has 1 N–H and O–H groups in total. The number of methoxy groups -OCH3 is 1. The molecule has 0 radical (unpaired) electrons. The van der Waals surface area contributed by atoms with Crippen LogP contribution in [0.5, 0.6) is 0 Å². The van der Waals surface area contributed by atoms with Crippen molar-refractivity contribution in [3.8, 4) is 0 Å². The lowest BCUT2D eigenvalue weighted by Gasteiger charge is -2.28. The van der Waals surface area contributed by atoms with Crippen molar-refractivity contribution < 1.29 is 27.1 Å². The Morgan fingerprint density at radius 2 is 1.75 bits per heavy atom. The van der Waals surface area contributed by atoms with Crippen LogP contribution in [0.3, 0.4) is 0 Å². The molecule has 9 heteroatoms. The number of carbonyl (C=O) groups excluding carboxylic acids is 2. The smallest absolute Gasteiger partial charge is 0.338 e. The molecule has 2 aromatic rings. The van der Waals surface area contributed by atoms with Crippen molar-refractivity contribution in [3.05, 3.63) is 59.4 Å². The maximum atomic E-state index is 13.2. The summed E-state index contributed by atoms with van der Waals surface area (Å²) in [5.74, 6) is -1.69. The fraction of sp³-hybridized carbons (Fsp3) is 0.263. The first kappa shape index (κ1) is 21.4. The van der Waals surface area contributed by atoms with E-state index in [1.54, 1.807) is 25.1 Å². The molecular formula is C19H21FN2O5S. The number of halogens is 1. The third-order valence-corrected chi connectivity index (χ3v) is 5.41. The van der Waals surface area contributed by atoms with Crippen LogP contribution in [-0.4, -0.2) is 39.7 Å². The van der Waals surface area contributed by atoms with Crippen LogP contribution in [-0.2, 0) is 19.6 Å². The molecule has 0 saturated heterocycles. The molecule has 1 atom stereocenters. The Hall–Kier alpha value is -2.94. The number of sulfonamides is 1. The number of rotatable bonds is 6. The molecule has 0 saturated carbocycles. The van der Waals surface area contributed by atoms with Gasteiger partial charge in [-0.25, -0.2) is 17.6 Å². The summed E-state index contributed by atoms with van der Waals surface area (Å²) >= 11 is 0. The van der Waals surface area contributed by atoms with Crippen LogP contribution in [0.25, 0.3) is 0 Å². The van der Waals surface area contributed by atoms with Crippen molar-refractivity contribution in [1.82, 2.24) is 0 Å². The normalized spacial score (nSPS) is 12.2. The van der Waals surface area contributed by atoms with Crippen LogP contribution in [0.4, 0.5) is 15.8 Å². The van der Waals surface area contributed by atoms with Gasteiger partial charge in [0.05, 0.1) is 24.6 Å². The number of hydrogen-bond acceptors (Lipinski definition) is 5. The highest BCUT2D eigenvalue weighted by Gasteiger charge is 2.29. The summed E-state index contributed by atoms with van der Waals surface area (Å²) in [6, 6.07) is 8.39. The van der Waals surface area contributed by atoms with Crippen molar-refractivity contribution in [1.29, 1.82) is 0 Å². The van der Waals surface area contributed by atoms with Gasteiger partial charge >= 0.3 is 5.97 Å². The second-order valence-corrected chi connectivity index (χ2v) is 8.03. The molecule has 2 rings (SSSR count). The van der Waals surface area contributed by atoms with Gasteiger partial charge in [-0.2, -0.15) is 0 Å². The lowest BCUT2D eigenvalue weighted by Crippen LogP contribution is -2.45. The first-order chi connectivity index (χ1) is 13.1. The first-order valence-electron chi connectivity index (χ1n) is 8.30. The minimum atomic E-state index is -3.83. The fourth-order valence-electron chi connectivity index (χ4n) is 2.74. The predicted molar refractivity (Wildman–Crippen MR) is 104 cm³/mol. The number of anilines is 2. The van der Waals surface area contributed by atoms with E-state index in [0.717, 1.165) is 22.7 Å². The zero-order valence-corrected chi connectivity index (χ0v) is 16.7. The number of hydrogen-bond donors (Lipinski definition) is 1. The number of ether oxygens (including phenoxy) is 1. The molecule has 1 amide bonds. The van der Waals surface area contributed by atoms with E-state index in [9.17, 15) is 22.4 Å². The summed E-state index contributed by atoms with van der Waals surface area (Å²) in [6.07, 6.45) is 0.962. The van der Waals surface area contributed by atoms with Gasteiger partial charge in [0.25, 0.3) is 0 Å². The molecule has 0 heterocycles. The van der Waals surface area contributed by atoms with Gasteiger partial charge in [0.2, 0.25) is 15.9 Å². The molecule has 0 spiro atoms. The lowest BCUT2D eigenvalue weighted by atomic mass is 10.1. The molecule has 2 aromatic carbocycles. The zero-order chi connectivity index (χ0) is 21.1. The van der Waals surface area contributed by atoms with Gasteiger partial charge in [0.15, 0.2) is 0 Å². The average Bonchev–Trinajstić information content (AvgIpc) is 2.63. The lowest BCUT2D eigenvalue weighted by molar-refractivity contribution is -0.116. The van der Waals surface area contributed by atoms with Crippen LogP contribution in [0.15, 0.2) is 42.5 Å². The van der Waals surface area contributed by atoms with Crippen LogP contribution < -0.4 is 9.62 Å². The van der Waals surface area contributed by atoms with Gasteiger partial charge in [-0.1, -0.05) is 6.07 Å². The van der Waals surface area contributed by atoms with Gasteiger partial charge < -0.3 is 10.1 Å². The third-order valence-electron chi connectivity index (χ3n) is 4.17. The van der Waals surface area contributed by atoms with E-state index in [-0.39, 0.29) is 11.3 Å². The number of carbonyl (C=O) groups is 2. The van der Waals surface area contributed by atoms with Gasteiger partial charge in [0, 0.05) is 5.69 Å².